The maximum atomic E-state index is 5.75. The van der Waals surface area contributed by atoms with E-state index in [9.17, 15) is 0 Å². The van der Waals surface area contributed by atoms with Crippen molar-refractivity contribution in [2.75, 3.05) is 49.4 Å². The first-order valence-electron chi connectivity index (χ1n) is 11.4. The zero-order valence-corrected chi connectivity index (χ0v) is 19.3. The number of nitrogens with one attached hydrogen (secondary N) is 2. The lowest BCUT2D eigenvalue weighted by molar-refractivity contribution is 0.0991. The molecule has 4 heterocycles. The van der Waals surface area contributed by atoms with Gasteiger partial charge in [-0.1, -0.05) is 0 Å². The van der Waals surface area contributed by atoms with E-state index in [4.69, 9.17) is 19.4 Å². The van der Waals surface area contributed by atoms with Crippen LogP contribution >= 0.6 is 0 Å². The molecule has 0 spiro atoms. The number of pyridine rings is 1. The number of fused-ring (bicyclic) bond motifs is 2. The van der Waals surface area contributed by atoms with E-state index in [0.717, 1.165) is 54.4 Å². The van der Waals surface area contributed by atoms with Crippen molar-refractivity contribution in [3.8, 4) is 11.3 Å². The Kier molecular flexibility index (Phi) is 6.11. The van der Waals surface area contributed by atoms with Gasteiger partial charge in [0.25, 0.3) is 0 Å². The van der Waals surface area contributed by atoms with Crippen LogP contribution in [-0.2, 0) is 15.9 Å². The molecule has 1 aromatic carbocycles. The van der Waals surface area contributed by atoms with Crippen molar-refractivity contribution >= 4 is 23.1 Å². The molecule has 8 nitrogen and oxygen atoms in total. The van der Waals surface area contributed by atoms with Crippen LogP contribution in [0.1, 0.15) is 17.7 Å². The Labute approximate surface area is 194 Å². The number of ether oxygens (including phenoxy) is 2. The maximum absolute atomic E-state index is 5.75. The first kappa shape index (κ1) is 21.6. The smallest absolute Gasteiger partial charge is 0.227 e. The number of rotatable bonds is 8. The van der Waals surface area contributed by atoms with Gasteiger partial charge in [-0.05, 0) is 55.3 Å². The van der Waals surface area contributed by atoms with Crippen molar-refractivity contribution in [2.45, 2.75) is 31.9 Å². The van der Waals surface area contributed by atoms with E-state index in [1.165, 1.54) is 11.3 Å². The summed E-state index contributed by atoms with van der Waals surface area (Å²) in [4.78, 5) is 16.4. The lowest BCUT2D eigenvalue weighted by Gasteiger charge is -2.30. The van der Waals surface area contributed by atoms with E-state index < -0.39 is 0 Å². The van der Waals surface area contributed by atoms with Gasteiger partial charge in [0.15, 0.2) is 0 Å². The average Bonchev–Trinajstić information content (AvgIpc) is 3.47. The number of benzene rings is 1. The van der Waals surface area contributed by atoms with Gasteiger partial charge in [-0.3, -0.25) is 0 Å². The molecule has 2 atom stereocenters. The molecule has 2 fully saturated rings. The Bertz CT molecular complexity index is 1140. The number of hydrogen-bond donors (Lipinski definition) is 2. The third kappa shape index (κ3) is 4.49. The second-order valence-corrected chi connectivity index (χ2v) is 8.58. The Morgan fingerprint density at radius 2 is 2.09 bits per heavy atom. The van der Waals surface area contributed by atoms with Crippen LogP contribution in [0, 0.1) is 6.92 Å². The summed E-state index contributed by atoms with van der Waals surface area (Å²) in [6.07, 6.45) is 4.06. The minimum Gasteiger partial charge on any atom is -0.384 e. The van der Waals surface area contributed by atoms with Gasteiger partial charge in [0.2, 0.25) is 5.95 Å². The quantitative estimate of drug-likeness (QED) is 0.541. The summed E-state index contributed by atoms with van der Waals surface area (Å²) in [6, 6.07) is 12.9. The number of anilines is 4. The van der Waals surface area contributed by atoms with E-state index >= 15 is 0 Å². The predicted molar refractivity (Wildman–Crippen MR) is 130 cm³/mol. The van der Waals surface area contributed by atoms with Gasteiger partial charge in [-0.25, -0.2) is 15.0 Å². The van der Waals surface area contributed by atoms with Crippen LogP contribution < -0.4 is 15.5 Å². The van der Waals surface area contributed by atoms with Crippen LogP contribution in [0.4, 0.5) is 23.1 Å². The van der Waals surface area contributed by atoms with Crippen molar-refractivity contribution in [3.05, 3.63) is 53.9 Å². The molecule has 5 rings (SSSR count). The molecular weight excluding hydrogens is 416 g/mol. The highest BCUT2D eigenvalue weighted by molar-refractivity contribution is 5.73. The topological polar surface area (TPSA) is 84.4 Å². The van der Waals surface area contributed by atoms with Crippen LogP contribution in [0.15, 0.2) is 42.6 Å². The largest absolute Gasteiger partial charge is 0.384 e. The van der Waals surface area contributed by atoms with Gasteiger partial charge in [-0.2, -0.15) is 0 Å². The van der Waals surface area contributed by atoms with E-state index in [1.54, 1.807) is 13.3 Å². The first-order valence-corrected chi connectivity index (χ1v) is 11.4. The predicted octanol–water partition coefficient (Wildman–Crippen LogP) is 3.80. The van der Waals surface area contributed by atoms with Gasteiger partial charge in [0.1, 0.15) is 5.82 Å². The molecule has 2 aliphatic rings. The molecule has 0 amide bonds. The van der Waals surface area contributed by atoms with E-state index in [1.807, 2.05) is 25.2 Å². The van der Waals surface area contributed by atoms with Crippen molar-refractivity contribution in [1.29, 1.82) is 0 Å². The molecule has 33 heavy (non-hydrogen) atoms. The molecule has 3 aromatic rings. The van der Waals surface area contributed by atoms with Gasteiger partial charge in [0, 0.05) is 56.0 Å². The Balaban J connectivity index is 1.34. The molecule has 2 bridgehead atoms. The fourth-order valence-corrected chi connectivity index (χ4v) is 4.69. The Morgan fingerprint density at radius 1 is 1.18 bits per heavy atom. The van der Waals surface area contributed by atoms with E-state index in [-0.39, 0.29) is 0 Å². The molecule has 2 aromatic heterocycles. The van der Waals surface area contributed by atoms with Crippen LogP contribution in [0.5, 0.6) is 0 Å². The summed E-state index contributed by atoms with van der Waals surface area (Å²) < 4.78 is 10.9. The number of hydrogen-bond acceptors (Lipinski definition) is 8. The summed E-state index contributed by atoms with van der Waals surface area (Å²) >= 11 is 0. The fourth-order valence-electron chi connectivity index (χ4n) is 4.69. The average molecular weight is 447 g/mol. The summed E-state index contributed by atoms with van der Waals surface area (Å²) in [6.45, 7) is 4.61. The SMILES string of the molecule is CNc1nc(CCOC)ccc1-c1ccnc(Nc2ccc(N3CC4CC3CO4)c(C)c2)n1. The van der Waals surface area contributed by atoms with Crippen LogP contribution in [-0.4, -0.2) is 61.0 Å². The highest BCUT2D eigenvalue weighted by Gasteiger charge is 2.39. The molecule has 2 aliphatic heterocycles. The fraction of sp³-hybridized carbons (Fsp3) is 0.400. The van der Waals surface area contributed by atoms with Crippen LogP contribution in [0.3, 0.4) is 0 Å². The van der Waals surface area contributed by atoms with Crippen LogP contribution in [0.25, 0.3) is 11.3 Å². The number of aryl methyl sites for hydroxylation is 1. The zero-order valence-electron chi connectivity index (χ0n) is 19.3. The normalized spacial score (nSPS) is 19.2. The van der Waals surface area contributed by atoms with Crippen molar-refractivity contribution < 1.29 is 9.47 Å². The molecule has 0 saturated carbocycles. The summed E-state index contributed by atoms with van der Waals surface area (Å²) in [7, 11) is 3.57. The molecular formula is C25H30N6O2. The lowest BCUT2D eigenvalue weighted by atomic mass is 10.1. The number of nitrogens with zero attached hydrogens (tertiary/aromatic N) is 4. The summed E-state index contributed by atoms with van der Waals surface area (Å²) in [5.41, 5.74) is 6.20. The molecule has 172 valence electrons. The minimum absolute atomic E-state index is 0.384. The molecule has 2 unspecified atom stereocenters. The Morgan fingerprint density at radius 3 is 2.82 bits per heavy atom. The highest BCUT2D eigenvalue weighted by Crippen LogP contribution is 2.35. The lowest BCUT2D eigenvalue weighted by Crippen LogP contribution is -2.37. The van der Waals surface area contributed by atoms with Crippen molar-refractivity contribution in [2.24, 2.45) is 0 Å². The van der Waals surface area contributed by atoms with Gasteiger partial charge in [0.05, 0.1) is 31.1 Å². The minimum atomic E-state index is 0.384. The molecule has 0 aliphatic carbocycles. The van der Waals surface area contributed by atoms with Gasteiger partial charge < -0.3 is 25.0 Å². The first-order chi connectivity index (χ1) is 16.1. The summed E-state index contributed by atoms with van der Waals surface area (Å²) in [5.74, 6) is 1.34. The molecule has 8 heteroatoms. The van der Waals surface area contributed by atoms with Crippen molar-refractivity contribution in [1.82, 2.24) is 15.0 Å². The monoisotopic (exact) mass is 446 g/mol. The van der Waals surface area contributed by atoms with Crippen molar-refractivity contribution in [3.63, 3.8) is 0 Å². The second-order valence-electron chi connectivity index (χ2n) is 8.58. The maximum Gasteiger partial charge on any atom is 0.227 e. The second kappa shape index (κ2) is 9.33. The number of aromatic nitrogens is 3. The molecule has 0 radical (unpaired) electrons. The standard InChI is InChI=1S/C25H30N6O2/c1-16-12-18(5-7-23(16)31-14-20-13-19(31)15-33-20)29-25-27-10-8-22(30-25)21-6-4-17(9-11-32-3)28-24(21)26-2/h4-8,10,12,19-20H,9,11,13-15H2,1-3H3,(H,26,28)(H,27,29,30). The van der Waals surface area contributed by atoms with Gasteiger partial charge >= 0.3 is 0 Å². The molecule has 2 saturated heterocycles. The summed E-state index contributed by atoms with van der Waals surface area (Å²) in [5, 5.41) is 6.55. The van der Waals surface area contributed by atoms with Crippen LogP contribution in [0.2, 0.25) is 0 Å². The number of morpholine rings is 1. The zero-order chi connectivity index (χ0) is 22.8. The van der Waals surface area contributed by atoms with Gasteiger partial charge in [-0.15, -0.1) is 0 Å². The number of methoxy groups -OCH3 is 1. The highest BCUT2D eigenvalue weighted by atomic mass is 16.5. The van der Waals surface area contributed by atoms with E-state index in [0.29, 0.717) is 24.7 Å². The third-order valence-electron chi connectivity index (χ3n) is 6.35. The molecule has 2 N–H and O–H groups in total. The Hall–Kier alpha value is -3.23. The third-order valence-corrected chi connectivity index (χ3v) is 6.35. The van der Waals surface area contributed by atoms with E-state index in [2.05, 4.69) is 45.6 Å².